The Morgan fingerprint density at radius 3 is 2.64 bits per heavy atom. The molecule has 0 N–H and O–H groups in total. The number of benzene rings is 1. The van der Waals surface area contributed by atoms with Gasteiger partial charge in [0.1, 0.15) is 10.8 Å². The third-order valence-corrected chi connectivity index (χ3v) is 2.18. The van der Waals surface area contributed by atoms with Crippen LogP contribution >= 0.6 is 27.5 Å². The molecule has 1 aromatic carbocycles. The van der Waals surface area contributed by atoms with Crippen LogP contribution in [0.1, 0.15) is 0 Å². The Morgan fingerprint density at radius 2 is 2.18 bits per heavy atom. The first-order valence-corrected chi connectivity index (χ1v) is 4.01. The van der Waals surface area contributed by atoms with Crippen LogP contribution in [0.5, 0.6) is 5.75 Å². The van der Waals surface area contributed by atoms with E-state index in [1.165, 1.54) is 13.2 Å². The summed E-state index contributed by atoms with van der Waals surface area (Å²) in [4.78, 5) is 0. The summed E-state index contributed by atoms with van der Waals surface area (Å²) in [6.07, 6.45) is 0. The maximum absolute atomic E-state index is 12.7. The monoisotopic (exact) mass is 238 g/mol. The van der Waals surface area contributed by atoms with E-state index in [9.17, 15) is 4.39 Å². The second-order valence-corrected chi connectivity index (χ2v) is 3.11. The zero-order valence-corrected chi connectivity index (χ0v) is 8.04. The molecule has 0 atom stereocenters. The highest BCUT2D eigenvalue weighted by molar-refractivity contribution is 9.10. The molecule has 0 aliphatic heterocycles. The highest BCUT2D eigenvalue weighted by atomic mass is 79.9. The summed E-state index contributed by atoms with van der Waals surface area (Å²) in [5, 5.41) is 0.00174. The van der Waals surface area contributed by atoms with Crippen molar-refractivity contribution in [3.05, 3.63) is 27.4 Å². The normalized spacial score (nSPS) is 9.82. The SMILES string of the molecule is COc1c(Br)ccc(F)c1Cl. The summed E-state index contributed by atoms with van der Waals surface area (Å²) in [6.45, 7) is 0. The van der Waals surface area contributed by atoms with E-state index in [0.29, 0.717) is 10.2 Å². The minimum atomic E-state index is -0.480. The quantitative estimate of drug-likeness (QED) is 0.684. The van der Waals surface area contributed by atoms with Gasteiger partial charge in [0, 0.05) is 0 Å². The molecule has 0 amide bonds. The van der Waals surface area contributed by atoms with Crippen LogP contribution in [0.2, 0.25) is 5.02 Å². The molecule has 11 heavy (non-hydrogen) atoms. The van der Waals surface area contributed by atoms with E-state index < -0.39 is 5.82 Å². The summed E-state index contributed by atoms with van der Waals surface area (Å²) in [6, 6.07) is 2.81. The molecule has 0 aliphatic rings. The predicted octanol–water partition coefficient (Wildman–Crippen LogP) is 3.25. The fraction of sp³-hybridized carbons (Fsp3) is 0.143. The molecular formula is C7H5BrClFO. The lowest BCUT2D eigenvalue weighted by molar-refractivity contribution is 0.409. The smallest absolute Gasteiger partial charge is 0.154 e. The van der Waals surface area contributed by atoms with Crippen LogP contribution in [-0.2, 0) is 0 Å². The van der Waals surface area contributed by atoms with E-state index in [1.807, 2.05) is 0 Å². The number of hydrogen-bond acceptors (Lipinski definition) is 1. The summed E-state index contributed by atoms with van der Waals surface area (Å²) < 4.78 is 18.2. The zero-order valence-electron chi connectivity index (χ0n) is 5.70. The van der Waals surface area contributed by atoms with Gasteiger partial charge < -0.3 is 4.74 Å². The van der Waals surface area contributed by atoms with Crippen molar-refractivity contribution in [2.45, 2.75) is 0 Å². The molecule has 1 aromatic rings. The van der Waals surface area contributed by atoms with Crippen molar-refractivity contribution >= 4 is 27.5 Å². The predicted molar refractivity (Wildman–Crippen MR) is 45.7 cm³/mol. The van der Waals surface area contributed by atoms with Crippen molar-refractivity contribution in [1.29, 1.82) is 0 Å². The van der Waals surface area contributed by atoms with Crippen LogP contribution in [0.4, 0.5) is 4.39 Å². The minimum Gasteiger partial charge on any atom is -0.494 e. The van der Waals surface area contributed by atoms with E-state index in [2.05, 4.69) is 15.9 Å². The largest absolute Gasteiger partial charge is 0.494 e. The first-order valence-electron chi connectivity index (χ1n) is 2.84. The standard InChI is InChI=1S/C7H5BrClFO/c1-11-7-4(8)2-3-5(10)6(7)9/h2-3H,1H3. The fourth-order valence-corrected chi connectivity index (χ4v) is 1.54. The summed E-state index contributed by atoms with van der Waals surface area (Å²) in [5.41, 5.74) is 0. The van der Waals surface area contributed by atoms with Gasteiger partial charge in [0.25, 0.3) is 0 Å². The van der Waals surface area contributed by atoms with Gasteiger partial charge in [0.2, 0.25) is 0 Å². The molecule has 0 fully saturated rings. The Kier molecular flexibility index (Phi) is 2.73. The van der Waals surface area contributed by atoms with Crippen LogP contribution in [0.15, 0.2) is 16.6 Å². The van der Waals surface area contributed by atoms with Crippen LogP contribution in [0, 0.1) is 5.82 Å². The second kappa shape index (κ2) is 3.41. The lowest BCUT2D eigenvalue weighted by Crippen LogP contribution is -1.87. The summed E-state index contributed by atoms with van der Waals surface area (Å²) >= 11 is 8.73. The molecule has 0 aliphatic carbocycles. The number of methoxy groups -OCH3 is 1. The van der Waals surface area contributed by atoms with Crippen molar-refractivity contribution < 1.29 is 9.13 Å². The van der Waals surface area contributed by atoms with Gasteiger partial charge in [-0.05, 0) is 28.1 Å². The van der Waals surface area contributed by atoms with Gasteiger partial charge in [-0.15, -0.1) is 0 Å². The first kappa shape index (κ1) is 8.81. The average molecular weight is 239 g/mol. The van der Waals surface area contributed by atoms with Gasteiger partial charge in [-0.25, -0.2) is 4.39 Å². The third kappa shape index (κ3) is 1.65. The van der Waals surface area contributed by atoms with Gasteiger partial charge in [-0.3, -0.25) is 0 Å². The first-order chi connectivity index (χ1) is 5.16. The Morgan fingerprint density at radius 1 is 1.55 bits per heavy atom. The maximum Gasteiger partial charge on any atom is 0.154 e. The highest BCUT2D eigenvalue weighted by Gasteiger charge is 2.09. The molecule has 4 heteroatoms. The zero-order chi connectivity index (χ0) is 8.43. The molecule has 0 saturated heterocycles. The molecule has 0 heterocycles. The number of hydrogen-bond donors (Lipinski definition) is 0. The molecule has 0 radical (unpaired) electrons. The maximum atomic E-state index is 12.7. The topological polar surface area (TPSA) is 9.23 Å². The number of ether oxygens (including phenoxy) is 1. The molecule has 0 unspecified atom stereocenters. The Hall–Kier alpha value is -0.280. The molecule has 1 nitrogen and oxygen atoms in total. The van der Waals surface area contributed by atoms with Crippen LogP contribution in [0.25, 0.3) is 0 Å². The average Bonchev–Trinajstić information content (AvgIpc) is 1.99. The Labute approximate surface area is 77.2 Å². The lowest BCUT2D eigenvalue weighted by atomic mass is 10.3. The van der Waals surface area contributed by atoms with Crippen molar-refractivity contribution in [1.82, 2.24) is 0 Å². The Bertz CT molecular complexity index is 277. The van der Waals surface area contributed by atoms with E-state index in [-0.39, 0.29) is 5.02 Å². The van der Waals surface area contributed by atoms with Crippen LogP contribution in [-0.4, -0.2) is 7.11 Å². The molecule has 0 saturated carbocycles. The third-order valence-electron chi connectivity index (χ3n) is 1.21. The van der Waals surface area contributed by atoms with Gasteiger partial charge in [0.15, 0.2) is 5.75 Å². The molecule has 60 valence electrons. The second-order valence-electron chi connectivity index (χ2n) is 1.88. The molecule has 1 rings (SSSR count). The van der Waals surface area contributed by atoms with Crippen LogP contribution in [0.3, 0.4) is 0 Å². The van der Waals surface area contributed by atoms with E-state index >= 15 is 0 Å². The molecule has 0 aromatic heterocycles. The lowest BCUT2D eigenvalue weighted by Gasteiger charge is -2.04. The summed E-state index contributed by atoms with van der Waals surface area (Å²) in [5.74, 6) is -0.154. The van der Waals surface area contributed by atoms with E-state index in [0.717, 1.165) is 0 Å². The molecule has 0 spiro atoms. The van der Waals surface area contributed by atoms with E-state index in [4.69, 9.17) is 16.3 Å². The van der Waals surface area contributed by atoms with Crippen LogP contribution < -0.4 is 4.74 Å². The molecular weight excluding hydrogens is 234 g/mol. The minimum absolute atomic E-state index is 0.00174. The fourth-order valence-electron chi connectivity index (χ4n) is 0.696. The highest BCUT2D eigenvalue weighted by Crippen LogP contribution is 2.34. The van der Waals surface area contributed by atoms with Gasteiger partial charge in [0.05, 0.1) is 11.6 Å². The Balaban J connectivity index is 3.29. The van der Waals surface area contributed by atoms with E-state index in [1.54, 1.807) is 6.07 Å². The molecule has 0 bridgehead atoms. The van der Waals surface area contributed by atoms with Crippen molar-refractivity contribution in [3.63, 3.8) is 0 Å². The summed E-state index contributed by atoms with van der Waals surface area (Å²) in [7, 11) is 1.44. The van der Waals surface area contributed by atoms with Gasteiger partial charge in [-0.2, -0.15) is 0 Å². The van der Waals surface area contributed by atoms with Gasteiger partial charge >= 0.3 is 0 Å². The van der Waals surface area contributed by atoms with Crippen molar-refractivity contribution in [3.8, 4) is 5.75 Å². The van der Waals surface area contributed by atoms with Gasteiger partial charge in [-0.1, -0.05) is 11.6 Å². The number of rotatable bonds is 1. The van der Waals surface area contributed by atoms with Crippen molar-refractivity contribution in [2.75, 3.05) is 7.11 Å². The van der Waals surface area contributed by atoms with Crippen molar-refractivity contribution in [2.24, 2.45) is 0 Å². The number of halogens is 3.